The van der Waals surface area contributed by atoms with Gasteiger partial charge in [0.2, 0.25) is 0 Å². The summed E-state index contributed by atoms with van der Waals surface area (Å²) >= 11 is 0. The fourth-order valence-corrected chi connectivity index (χ4v) is 8.89. The first kappa shape index (κ1) is 32.6. The topological polar surface area (TPSA) is 50.9 Å². The van der Waals surface area contributed by atoms with Crippen LogP contribution in [0.1, 0.15) is 132 Å². The van der Waals surface area contributed by atoms with Gasteiger partial charge in [-0.25, -0.2) is 4.98 Å². The van der Waals surface area contributed by atoms with Crippen LogP contribution >= 0.6 is 0 Å². The molecule has 0 bridgehead atoms. The van der Waals surface area contributed by atoms with E-state index in [1.165, 1.54) is 6.07 Å². The molecule has 0 aliphatic carbocycles. The quantitative estimate of drug-likeness (QED) is 0.157. The standard InChI is InChI=1S/C64H65N3O/c1-39(2)47-30-48(40(3)4)32-50(31-47)45-25-26-58(42(6)29-45)67-59-20-16-19-54(60(59)66-62(67)55-37-53(63(7,8)9)38-56(61(55)68)64(10,11)12)51-33-49(43-17-14-13-15-18-43)34-52(35-51)57-36-46(27-28-65-57)44-23-21-41(5)22-24-44/h13-40,68H,1-12H3/i5D3,6D3,10D3,11D3,39D. The van der Waals surface area contributed by atoms with Crippen LogP contribution in [0.25, 0.3) is 83.9 Å². The van der Waals surface area contributed by atoms with E-state index in [1.807, 2.05) is 132 Å². The summed E-state index contributed by atoms with van der Waals surface area (Å²) in [7, 11) is 0. The number of aromatic hydroxyl groups is 1. The molecule has 0 saturated carbocycles. The zero-order valence-electron chi connectivity index (χ0n) is 52.9. The highest BCUT2D eigenvalue weighted by molar-refractivity contribution is 5.98. The largest absolute Gasteiger partial charge is 0.507 e. The molecule has 4 nitrogen and oxygen atoms in total. The molecule has 2 aromatic heterocycles. The lowest BCUT2D eigenvalue weighted by Crippen LogP contribution is -2.17. The van der Waals surface area contributed by atoms with E-state index >= 15 is 0 Å². The van der Waals surface area contributed by atoms with Crippen molar-refractivity contribution < 1.29 is 22.9 Å². The van der Waals surface area contributed by atoms with Crippen LogP contribution in [0.5, 0.6) is 5.75 Å². The van der Waals surface area contributed by atoms with Crippen LogP contribution in [0.2, 0.25) is 0 Å². The molecule has 0 fully saturated rings. The van der Waals surface area contributed by atoms with Crippen molar-refractivity contribution in [2.45, 2.75) is 105 Å². The van der Waals surface area contributed by atoms with E-state index in [0.29, 0.717) is 39.0 Å². The Morgan fingerprint density at radius 2 is 1.26 bits per heavy atom. The normalized spacial score (nSPS) is 15.9. The van der Waals surface area contributed by atoms with E-state index in [9.17, 15) is 9.22 Å². The van der Waals surface area contributed by atoms with E-state index in [4.69, 9.17) is 23.7 Å². The van der Waals surface area contributed by atoms with Crippen molar-refractivity contribution in [2.24, 2.45) is 0 Å². The zero-order chi connectivity index (χ0) is 59.2. The fraction of sp³-hybridized carbons (Fsp3) is 0.250. The lowest BCUT2D eigenvalue weighted by molar-refractivity contribution is 0.446. The molecule has 68 heavy (non-hydrogen) atoms. The van der Waals surface area contributed by atoms with E-state index in [2.05, 4.69) is 13.8 Å². The third-order valence-electron chi connectivity index (χ3n) is 12.8. The van der Waals surface area contributed by atoms with Crippen molar-refractivity contribution in [1.82, 2.24) is 14.5 Å². The summed E-state index contributed by atoms with van der Waals surface area (Å²) in [6.07, 6.45) is 1.70. The molecule has 0 atom stereocenters. The van der Waals surface area contributed by atoms with E-state index in [1.54, 1.807) is 59.3 Å². The maximum atomic E-state index is 12.8. The maximum absolute atomic E-state index is 12.8. The Hall–Kier alpha value is -7.04. The van der Waals surface area contributed by atoms with Gasteiger partial charge < -0.3 is 5.11 Å². The summed E-state index contributed by atoms with van der Waals surface area (Å²) in [6.45, 7) is 3.20. The summed E-state index contributed by atoms with van der Waals surface area (Å²) in [5, 5.41) is 12.8. The summed E-state index contributed by atoms with van der Waals surface area (Å²) in [5.74, 6) is -1.48. The van der Waals surface area contributed by atoms with Gasteiger partial charge >= 0.3 is 0 Å². The van der Waals surface area contributed by atoms with Crippen LogP contribution < -0.4 is 0 Å². The number of aryl methyl sites for hydroxylation is 2. The second kappa shape index (κ2) is 17.9. The maximum Gasteiger partial charge on any atom is 0.149 e. The highest BCUT2D eigenvalue weighted by Crippen LogP contribution is 2.45. The summed E-state index contributed by atoms with van der Waals surface area (Å²) in [4.78, 5) is 10.2. The molecule has 0 amide bonds. The predicted molar refractivity (Wildman–Crippen MR) is 288 cm³/mol. The number of benzene rings is 7. The average Bonchev–Trinajstić information content (AvgIpc) is 2.64. The predicted octanol–water partition coefficient (Wildman–Crippen LogP) is 17.6. The van der Waals surface area contributed by atoms with Gasteiger partial charge in [0.25, 0.3) is 0 Å². The molecule has 1 N–H and O–H groups in total. The van der Waals surface area contributed by atoms with Crippen LogP contribution in [0, 0.1) is 13.7 Å². The van der Waals surface area contributed by atoms with Crippen molar-refractivity contribution in [3.8, 4) is 78.6 Å². The molecule has 0 radical (unpaired) electrons. The van der Waals surface area contributed by atoms with Gasteiger partial charge in [0.05, 0.1) is 28.0 Å². The fourth-order valence-electron chi connectivity index (χ4n) is 8.89. The average molecular weight is 905 g/mol. The van der Waals surface area contributed by atoms with Gasteiger partial charge in [0.15, 0.2) is 0 Å². The number of rotatable bonds is 9. The molecule has 0 unspecified atom stereocenters. The first-order chi connectivity index (χ1) is 37.6. The monoisotopic (exact) mass is 905 g/mol. The zero-order valence-corrected chi connectivity index (χ0v) is 39.9. The summed E-state index contributed by atoms with van der Waals surface area (Å²) < 4.78 is 114. The van der Waals surface area contributed by atoms with Crippen LogP contribution in [-0.4, -0.2) is 19.6 Å². The minimum atomic E-state index is -3.15. The minimum Gasteiger partial charge on any atom is -0.507 e. The first-order valence-electron chi connectivity index (χ1n) is 29.5. The van der Waals surface area contributed by atoms with Crippen molar-refractivity contribution in [2.75, 3.05) is 0 Å². The molecule has 0 spiro atoms. The number of hydrogen-bond donors (Lipinski definition) is 1. The Morgan fingerprint density at radius 3 is 1.97 bits per heavy atom. The van der Waals surface area contributed by atoms with Crippen molar-refractivity contribution in [3.05, 3.63) is 191 Å². The molecule has 2 heterocycles. The van der Waals surface area contributed by atoms with Gasteiger partial charge in [-0.05, 0) is 152 Å². The van der Waals surface area contributed by atoms with Crippen LogP contribution in [0.15, 0.2) is 158 Å². The smallest absolute Gasteiger partial charge is 0.149 e. The lowest BCUT2D eigenvalue weighted by Gasteiger charge is -2.27. The highest BCUT2D eigenvalue weighted by Gasteiger charge is 2.29. The van der Waals surface area contributed by atoms with Gasteiger partial charge in [0, 0.05) is 40.7 Å². The molecule has 4 heteroatoms. The van der Waals surface area contributed by atoms with Crippen LogP contribution in [0.3, 0.4) is 0 Å². The SMILES string of the molecule is [2H]C([2H])([2H])c1ccc(-c2ccnc(-c3cc(-c4ccccc4)cc(-c4cccc5c4nc(-c4cc(C(C)(C)C)cc(C(C)(C([2H])([2H])[2H])C([2H])([2H])[2H])c4O)n5-c4ccc(-c5cc(C(C)C)cc(C([2H])(C)C)c5)cc4C([2H])([2H])[2H])c3)c2)cc1. The highest BCUT2D eigenvalue weighted by atomic mass is 16.3. The van der Waals surface area contributed by atoms with Crippen LogP contribution in [-0.2, 0) is 10.8 Å². The molecule has 0 saturated heterocycles. The number of para-hydroxylation sites is 1. The third-order valence-corrected chi connectivity index (χ3v) is 12.8. The third kappa shape index (κ3) is 9.05. The second-order valence-corrected chi connectivity index (χ2v) is 19.6. The number of phenols is 1. The van der Waals surface area contributed by atoms with E-state index in [-0.39, 0.29) is 39.7 Å². The number of fused-ring (bicyclic) bond motifs is 1. The van der Waals surface area contributed by atoms with Crippen molar-refractivity contribution in [3.63, 3.8) is 0 Å². The van der Waals surface area contributed by atoms with Crippen molar-refractivity contribution >= 4 is 11.0 Å². The molecule has 9 rings (SSSR count). The van der Waals surface area contributed by atoms with Gasteiger partial charge in [-0.3, -0.25) is 9.55 Å². The molecule has 342 valence electrons. The molecule has 9 aromatic rings. The Morgan fingerprint density at radius 1 is 0.574 bits per heavy atom. The summed E-state index contributed by atoms with van der Waals surface area (Å²) in [5.41, 5.74) is 6.99. The number of hydrogen-bond acceptors (Lipinski definition) is 3. The Bertz CT molecular complexity index is 3820. The number of pyridine rings is 1. The van der Waals surface area contributed by atoms with Crippen LogP contribution in [0.4, 0.5) is 0 Å². The molecule has 7 aromatic carbocycles. The number of phenolic OH excluding ortho intramolecular Hbond substituents is 1. The molecule has 0 aliphatic heterocycles. The van der Waals surface area contributed by atoms with Gasteiger partial charge in [0.1, 0.15) is 11.6 Å². The number of nitrogens with zero attached hydrogens (tertiary/aromatic N) is 3. The van der Waals surface area contributed by atoms with E-state index < -0.39 is 49.9 Å². The Kier molecular flexibility index (Phi) is 8.58. The van der Waals surface area contributed by atoms with E-state index in [0.717, 1.165) is 51.4 Å². The van der Waals surface area contributed by atoms with Crippen molar-refractivity contribution in [1.29, 1.82) is 0 Å². The first-order valence-corrected chi connectivity index (χ1v) is 23.0. The Balaban J connectivity index is 1.37. The van der Waals surface area contributed by atoms with Gasteiger partial charge in [-0.2, -0.15) is 0 Å². The molecular formula is C64H65N3O. The molecule has 0 aliphatic rings. The number of imidazole rings is 1. The van der Waals surface area contributed by atoms with Gasteiger partial charge in [-0.1, -0.05) is 172 Å². The number of aromatic nitrogens is 3. The lowest BCUT2D eigenvalue weighted by atomic mass is 9.79. The summed E-state index contributed by atoms with van der Waals surface area (Å²) in [6, 6.07) is 46.1. The minimum absolute atomic E-state index is 0.0153. The molecular weight excluding hydrogens is 827 g/mol. The second-order valence-electron chi connectivity index (χ2n) is 19.6. The Labute approximate surface area is 422 Å². The van der Waals surface area contributed by atoms with Gasteiger partial charge in [-0.15, -0.1) is 0 Å².